The minimum atomic E-state index is -4.27. The lowest BCUT2D eigenvalue weighted by molar-refractivity contribution is 0.153. The normalized spacial score (nSPS) is 11.6. The highest BCUT2D eigenvalue weighted by molar-refractivity contribution is 9.11. The molecule has 3 aromatic rings. The molecule has 0 aliphatic carbocycles. The number of carboxylic acid groups (broad SMARTS) is 1. The van der Waals surface area contributed by atoms with Gasteiger partial charge in [-0.1, -0.05) is 0 Å². The van der Waals surface area contributed by atoms with Gasteiger partial charge in [0.2, 0.25) is 5.95 Å². The van der Waals surface area contributed by atoms with Gasteiger partial charge in [-0.2, -0.15) is 12.8 Å². The maximum absolute atomic E-state index is 15.1. The highest BCUT2D eigenvalue weighted by Crippen LogP contribution is 2.35. The van der Waals surface area contributed by atoms with Crippen molar-refractivity contribution in [2.24, 2.45) is 0 Å². The number of nitrogens with zero attached hydrogens (tertiary/aromatic N) is 3. The van der Waals surface area contributed by atoms with Crippen molar-refractivity contribution in [3.8, 4) is 11.3 Å². The van der Waals surface area contributed by atoms with Crippen LogP contribution in [0, 0.1) is 11.8 Å². The summed E-state index contributed by atoms with van der Waals surface area (Å²) in [4.78, 5) is 15.3. The third-order valence-electron chi connectivity index (χ3n) is 3.79. The Morgan fingerprint density at radius 3 is 2.64 bits per heavy atom. The largest absolute Gasteiger partial charge is 0.465 e. The monoisotopic (exact) mass is 491 g/mol. The summed E-state index contributed by atoms with van der Waals surface area (Å²) in [7, 11) is -3.06. The van der Waals surface area contributed by atoms with Crippen LogP contribution in [0.3, 0.4) is 0 Å². The molecule has 0 aliphatic heterocycles. The zero-order chi connectivity index (χ0) is 20.6. The van der Waals surface area contributed by atoms with Crippen LogP contribution in [0.5, 0.6) is 0 Å². The Kier molecular flexibility index (Phi) is 5.55. The minimum absolute atomic E-state index is 0.0990. The molecule has 28 heavy (non-hydrogen) atoms. The van der Waals surface area contributed by atoms with Crippen molar-refractivity contribution in [2.75, 3.05) is 7.05 Å². The van der Waals surface area contributed by atoms with E-state index in [-0.39, 0.29) is 15.3 Å². The number of carbonyl (C=O) groups is 1. The maximum Gasteiger partial charge on any atom is 0.407 e. The summed E-state index contributed by atoms with van der Waals surface area (Å²) in [6, 6.07) is 5.38. The van der Waals surface area contributed by atoms with Crippen molar-refractivity contribution in [3.05, 3.63) is 57.8 Å². The van der Waals surface area contributed by atoms with Gasteiger partial charge in [-0.05, 0) is 40.2 Å². The second-order valence-corrected chi connectivity index (χ2v) is 10.2. The van der Waals surface area contributed by atoms with E-state index >= 15 is 4.39 Å². The van der Waals surface area contributed by atoms with Crippen LogP contribution in [0.2, 0.25) is 0 Å². The third-order valence-corrected chi connectivity index (χ3v) is 7.54. The van der Waals surface area contributed by atoms with Crippen molar-refractivity contribution in [1.29, 1.82) is 0 Å². The number of pyridine rings is 1. The zero-order valence-corrected chi connectivity index (χ0v) is 17.4. The molecule has 0 radical (unpaired) electrons. The molecular weight excluding hydrogens is 480 g/mol. The van der Waals surface area contributed by atoms with Crippen molar-refractivity contribution in [3.63, 3.8) is 0 Å². The van der Waals surface area contributed by atoms with Gasteiger partial charge in [-0.15, -0.1) is 11.3 Å². The fraction of sp³-hybridized carbons (Fsp3) is 0.125. The minimum Gasteiger partial charge on any atom is -0.465 e. The summed E-state index contributed by atoms with van der Waals surface area (Å²) in [5.41, 5.74) is -1.13. The van der Waals surface area contributed by atoms with Crippen LogP contribution < -0.4 is 0 Å². The molecule has 0 bridgehead atoms. The first-order chi connectivity index (χ1) is 13.1. The first-order valence-electron chi connectivity index (χ1n) is 7.58. The number of hydrogen-bond acceptors (Lipinski definition) is 5. The highest BCUT2D eigenvalue weighted by Gasteiger charge is 2.30. The van der Waals surface area contributed by atoms with Crippen molar-refractivity contribution in [1.82, 2.24) is 13.9 Å². The third kappa shape index (κ3) is 3.66. The van der Waals surface area contributed by atoms with Crippen molar-refractivity contribution < 1.29 is 27.1 Å². The number of aromatic nitrogens is 2. The molecule has 148 valence electrons. The number of amides is 1. The molecule has 3 aromatic heterocycles. The summed E-state index contributed by atoms with van der Waals surface area (Å²) in [5.74, 6) is -2.10. The van der Waals surface area contributed by atoms with E-state index in [0.29, 0.717) is 7.76 Å². The van der Waals surface area contributed by atoms with Gasteiger partial charge >= 0.3 is 6.09 Å². The van der Waals surface area contributed by atoms with Crippen LogP contribution in [0.1, 0.15) is 5.56 Å². The van der Waals surface area contributed by atoms with Gasteiger partial charge in [0, 0.05) is 25.0 Å². The summed E-state index contributed by atoms with van der Waals surface area (Å²) >= 11 is 4.07. The molecule has 3 rings (SSSR count). The second kappa shape index (κ2) is 7.60. The average Bonchev–Trinajstić information content (AvgIpc) is 3.20. The van der Waals surface area contributed by atoms with Crippen LogP contribution in [0.25, 0.3) is 11.3 Å². The Morgan fingerprint density at radius 1 is 1.36 bits per heavy atom. The van der Waals surface area contributed by atoms with E-state index in [0.717, 1.165) is 28.6 Å². The summed E-state index contributed by atoms with van der Waals surface area (Å²) < 4.78 is 56.5. The fourth-order valence-electron chi connectivity index (χ4n) is 2.47. The molecule has 1 amide bonds. The molecular formula is C16H12BrF2N3O4S2. The van der Waals surface area contributed by atoms with Gasteiger partial charge in [0.1, 0.15) is 9.90 Å². The van der Waals surface area contributed by atoms with Gasteiger partial charge in [0.25, 0.3) is 10.0 Å². The molecule has 1 N–H and O–H groups in total. The quantitative estimate of drug-likeness (QED) is 0.544. The molecule has 0 unspecified atom stereocenters. The summed E-state index contributed by atoms with van der Waals surface area (Å²) in [5, 5.41) is 9.02. The lowest BCUT2D eigenvalue weighted by atomic mass is 10.2. The van der Waals surface area contributed by atoms with Gasteiger partial charge in [0.05, 0.1) is 15.9 Å². The predicted octanol–water partition coefficient (Wildman–Crippen LogP) is 4.00. The number of hydrogen-bond donors (Lipinski definition) is 1. The van der Waals surface area contributed by atoms with Crippen molar-refractivity contribution in [2.45, 2.75) is 10.8 Å². The standard InChI is InChI=1S/C16H12BrF2N3O4S2/c1-21(16(23)24)7-9-8-22(28(25,26)12-5-4-11(17)27-12)14(13(9)18)10-3-2-6-20-15(10)19/h2-6,8H,7H2,1H3,(H,23,24). The van der Waals surface area contributed by atoms with Crippen LogP contribution in [0.4, 0.5) is 13.6 Å². The van der Waals surface area contributed by atoms with E-state index in [2.05, 4.69) is 20.9 Å². The molecule has 0 aliphatic rings. The molecule has 0 fully saturated rings. The van der Waals surface area contributed by atoms with E-state index in [1.54, 1.807) is 0 Å². The first-order valence-corrected chi connectivity index (χ1v) is 10.6. The second-order valence-electron chi connectivity index (χ2n) is 5.66. The molecule has 12 heteroatoms. The van der Waals surface area contributed by atoms with Crippen LogP contribution in [-0.4, -0.2) is 40.5 Å². The average molecular weight is 492 g/mol. The van der Waals surface area contributed by atoms with Crippen LogP contribution in [0.15, 0.2) is 44.7 Å². The van der Waals surface area contributed by atoms with E-state index in [4.69, 9.17) is 5.11 Å². The van der Waals surface area contributed by atoms with Crippen LogP contribution >= 0.6 is 27.3 Å². The number of halogens is 3. The maximum atomic E-state index is 15.1. The zero-order valence-electron chi connectivity index (χ0n) is 14.1. The van der Waals surface area contributed by atoms with E-state index < -0.39 is 40.1 Å². The highest BCUT2D eigenvalue weighted by atomic mass is 79.9. The van der Waals surface area contributed by atoms with E-state index in [1.807, 2.05) is 0 Å². The number of rotatable bonds is 5. The molecule has 3 heterocycles. The molecule has 0 spiro atoms. The predicted molar refractivity (Wildman–Crippen MR) is 102 cm³/mol. The Hall–Kier alpha value is -2.31. The Morgan fingerprint density at radius 2 is 2.07 bits per heavy atom. The fourth-order valence-corrected chi connectivity index (χ4v) is 5.96. The van der Waals surface area contributed by atoms with Crippen molar-refractivity contribution >= 4 is 43.4 Å². The van der Waals surface area contributed by atoms with Gasteiger partial charge < -0.3 is 10.0 Å². The smallest absolute Gasteiger partial charge is 0.407 e. The Labute approximate surface area is 171 Å². The molecule has 0 saturated carbocycles. The van der Waals surface area contributed by atoms with Crippen LogP contribution in [-0.2, 0) is 16.6 Å². The van der Waals surface area contributed by atoms with E-state index in [9.17, 15) is 17.6 Å². The van der Waals surface area contributed by atoms with Gasteiger partial charge in [-0.25, -0.2) is 18.1 Å². The summed E-state index contributed by atoms with van der Waals surface area (Å²) in [6.45, 7) is -0.424. The summed E-state index contributed by atoms with van der Waals surface area (Å²) in [6.07, 6.45) is 0.777. The van der Waals surface area contributed by atoms with Gasteiger partial charge in [-0.3, -0.25) is 0 Å². The Balaban J connectivity index is 2.26. The molecule has 0 saturated heterocycles. The molecule has 0 aromatic carbocycles. The lowest BCUT2D eigenvalue weighted by Crippen LogP contribution is -2.24. The van der Waals surface area contributed by atoms with Gasteiger partial charge in [0.15, 0.2) is 5.82 Å². The SMILES string of the molecule is CN(Cc1cn(S(=O)(=O)c2ccc(Br)s2)c(-c2cccnc2F)c1F)C(=O)O. The molecule has 0 atom stereocenters. The molecule has 7 nitrogen and oxygen atoms in total. The Bertz CT molecular complexity index is 1160. The van der Waals surface area contributed by atoms with E-state index in [1.165, 1.54) is 31.3 Å². The number of thiophene rings is 1. The topological polar surface area (TPSA) is 92.5 Å². The lowest BCUT2D eigenvalue weighted by Gasteiger charge is -2.11. The first kappa shape index (κ1) is 20.4.